The van der Waals surface area contributed by atoms with Gasteiger partial charge in [-0.05, 0) is 50.7 Å². The van der Waals surface area contributed by atoms with Crippen LogP contribution in [0.5, 0.6) is 0 Å². The molecular weight excluding hydrogens is 352 g/mol. The van der Waals surface area contributed by atoms with Crippen molar-refractivity contribution in [3.63, 3.8) is 0 Å². The minimum absolute atomic E-state index is 0.171. The predicted molar refractivity (Wildman–Crippen MR) is 89.7 cm³/mol. The van der Waals surface area contributed by atoms with E-state index >= 15 is 0 Å². The lowest BCUT2D eigenvalue weighted by Gasteiger charge is -2.30. The molecule has 0 spiro atoms. The molecule has 21 heavy (non-hydrogen) atoms. The Kier molecular flexibility index (Phi) is 5.00. The molecule has 0 fully saturated rings. The van der Waals surface area contributed by atoms with Crippen LogP contribution in [0.3, 0.4) is 0 Å². The SMILES string of the molecule is CC1=C(C(=O)OC(C)C)[C@H](c2cccc(Br)c2)NC(=S)N1. The summed E-state index contributed by atoms with van der Waals surface area (Å²) >= 11 is 8.65. The van der Waals surface area contributed by atoms with Crippen molar-refractivity contribution in [2.75, 3.05) is 0 Å². The Morgan fingerprint density at radius 1 is 1.43 bits per heavy atom. The molecule has 112 valence electrons. The van der Waals surface area contributed by atoms with Crippen LogP contribution in [-0.4, -0.2) is 17.2 Å². The fourth-order valence-electron chi connectivity index (χ4n) is 2.18. The van der Waals surface area contributed by atoms with Crippen LogP contribution >= 0.6 is 28.1 Å². The molecule has 0 amide bonds. The van der Waals surface area contributed by atoms with Gasteiger partial charge in [-0.1, -0.05) is 28.1 Å². The van der Waals surface area contributed by atoms with Gasteiger partial charge in [-0.2, -0.15) is 0 Å². The van der Waals surface area contributed by atoms with Gasteiger partial charge >= 0.3 is 5.97 Å². The highest BCUT2D eigenvalue weighted by Gasteiger charge is 2.31. The average Bonchev–Trinajstić information content (AvgIpc) is 2.36. The fourth-order valence-corrected chi connectivity index (χ4v) is 2.87. The Bertz CT molecular complexity index is 613. The highest BCUT2D eigenvalue weighted by Crippen LogP contribution is 2.29. The Labute approximate surface area is 138 Å². The number of ether oxygens (including phenoxy) is 1. The van der Waals surface area contributed by atoms with E-state index in [1.54, 1.807) is 0 Å². The van der Waals surface area contributed by atoms with Crippen LogP contribution in [-0.2, 0) is 9.53 Å². The Morgan fingerprint density at radius 2 is 2.14 bits per heavy atom. The summed E-state index contributed by atoms with van der Waals surface area (Å²) in [4.78, 5) is 12.4. The van der Waals surface area contributed by atoms with E-state index in [0.29, 0.717) is 10.7 Å². The lowest BCUT2D eigenvalue weighted by molar-refractivity contribution is -0.143. The van der Waals surface area contributed by atoms with Crippen LogP contribution in [0.4, 0.5) is 0 Å². The summed E-state index contributed by atoms with van der Waals surface area (Å²) in [6.07, 6.45) is -0.171. The molecule has 0 aromatic heterocycles. The first-order valence-electron chi connectivity index (χ1n) is 6.63. The number of carbonyl (C=O) groups excluding carboxylic acids is 1. The third kappa shape index (κ3) is 3.83. The lowest BCUT2D eigenvalue weighted by Crippen LogP contribution is -2.45. The molecule has 0 bridgehead atoms. The largest absolute Gasteiger partial charge is 0.459 e. The van der Waals surface area contributed by atoms with Gasteiger partial charge in [0.15, 0.2) is 5.11 Å². The van der Waals surface area contributed by atoms with Crippen molar-refractivity contribution < 1.29 is 9.53 Å². The molecule has 0 saturated heterocycles. The van der Waals surface area contributed by atoms with Crippen LogP contribution < -0.4 is 10.6 Å². The molecule has 0 saturated carbocycles. The average molecular weight is 369 g/mol. The number of benzene rings is 1. The molecule has 2 rings (SSSR count). The molecule has 1 aromatic carbocycles. The molecule has 1 aliphatic rings. The second-order valence-corrected chi connectivity index (χ2v) is 6.40. The third-order valence-corrected chi connectivity index (χ3v) is 3.73. The van der Waals surface area contributed by atoms with Gasteiger partial charge in [0.2, 0.25) is 0 Å². The molecule has 0 aliphatic carbocycles. The van der Waals surface area contributed by atoms with Crippen molar-refractivity contribution in [1.82, 2.24) is 10.6 Å². The minimum atomic E-state index is -0.338. The highest BCUT2D eigenvalue weighted by atomic mass is 79.9. The first kappa shape index (κ1) is 16.0. The van der Waals surface area contributed by atoms with Crippen LogP contribution in [0.15, 0.2) is 40.0 Å². The van der Waals surface area contributed by atoms with Crippen molar-refractivity contribution in [2.45, 2.75) is 32.9 Å². The third-order valence-electron chi connectivity index (χ3n) is 3.01. The van der Waals surface area contributed by atoms with Crippen molar-refractivity contribution in [1.29, 1.82) is 0 Å². The second kappa shape index (κ2) is 6.58. The summed E-state index contributed by atoms with van der Waals surface area (Å²) in [5, 5.41) is 6.62. The number of hydrogen-bond acceptors (Lipinski definition) is 3. The van der Waals surface area contributed by atoms with E-state index in [1.807, 2.05) is 45.0 Å². The monoisotopic (exact) mass is 368 g/mol. The highest BCUT2D eigenvalue weighted by molar-refractivity contribution is 9.10. The minimum Gasteiger partial charge on any atom is -0.459 e. The van der Waals surface area contributed by atoms with E-state index in [-0.39, 0.29) is 18.1 Å². The Morgan fingerprint density at radius 3 is 2.76 bits per heavy atom. The maximum absolute atomic E-state index is 12.4. The van der Waals surface area contributed by atoms with Gasteiger partial charge in [-0.3, -0.25) is 0 Å². The maximum Gasteiger partial charge on any atom is 0.338 e. The van der Waals surface area contributed by atoms with E-state index in [0.717, 1.165) is 15.7 Å². The molecule has 1 atom stereocenters. The molecule has 1 aromatic rings. The molecule has 0 unspecified atom stereocenters. The molecule has 1 aliphatic heterocycles. The summed E-state index contributed by atoms with van der Waals surface area (Å²) in [7, 11) is 0. The zero-order chi connectivity index (χ0) is 15.6. The second-order valence-electron chi connectivity index (χ2n) is 5.08. The number of allylic oxidation sites excluding steroid dienone is 1. The van der Waals surface area contributed by atoms with Gasteiger partial charge in [0.1, 0.15) is 0 Å². The molecular formula is C15H17BrN2O2S. The number of halogens is 1. The number of carbonyl (C=O) groups is 1. The van der Waals surface area contributed by atoms with Crippen LogP contribution in [0.1, 0.15) is 32.4 Å². The summed E-state index contributed by atoms with van der Waals surface area (Å²) in [5.74, 6) is -0.338. The van der Waals surface area contributed by atoms with E-state index < -0.39 is 0 Å². The van der Waals surface area contributed by atoms with Gasteiger partial charge in [0.25, 0.3) is 0 Å². The number of nitrogens with one attached hydrogen (secondary N) is 2. The summed E-state index contributed by atoms with van der Waals surface area (Å²) in [5.41, 5.74) is 2.22. The fraction of sp³-hybridized carbons (Fsp3) is 0.333. The zero-order valence-electron chi connectivity index (χ0n) is 12.1. The number of thiocarbonyl (C=S) groups is 1. The van der Waals surface area contributed by atoms with Crippen molar-refractivity contribution in [3.8, 4) is 0 Å². The van der Waals surface area contributed by atoms with Crippen LogP contribution in [0, 0.1) is 0 Å². The van der Waals surface area contributed by atoms with E-state index in [1.165, 1.54) is 0 Å². The van der Waals surface area contributed by atoms with Crippen LogP contribution in [0.25, 0.3) is 0 Å². The topological polar surface area (TPSA) is 50.4 Å². The number of rotatable bonds is 3. The van der Waals surface area contributed by atoms with Gasteiger partial charge in [-0.25, -0.2) is 4.79 Å². The van der Waals surface area contributed by atoms with E-state index in [4.69, 9.17) is 17.0 Å². The van der Waals surface area contributed by atoms with Gasteiger partial charge in [0.05, 0.1) is 17.7 Å². The smallest absolute Gasteiger partial charge is 0.338 e. The standard InChI is InChI=1S/C15H17BrN2O2S/c1-8(2)20-14(19)12-9(3)17-15(21)18-13(12)10-5-4-6-11(16)7-10/h4-8,13H,1-3H3,(H2,17,18,21)/t13-/m0/s1. The summed E-state index contributed by atoms with van der Waals surface area (Å²) in [6, 6.07) is 7.45. The van der Waals surface area contributed by atoms with Gasteiger partial charge < -0.3 is 15.4 Å². The molecule has 0 radical (unpaired) electrons. The summed E-state index contributed by atoms with van der Waals surface area (Å²) < 4.78 is 6.29. The molecule has 4 nitrogen and oxygen atoms in total. The zero-order valence-corrected chi connectivity index (χ0v) is 14.5. The molecule has 2 N–H and O–H groups in total. The van der Waals surface area contributed by atoms with Crippen LogP contribution in [0.2, 0.25) is 0 Å². The number of hydrogen-bond donors (Lipinski definition) is 2. The van der Waals surface area contributed by atoms with E-state index in [2.05, 4.69) is 26.6 Å². The lowest BCUT2D eigenvalue weighted by atomic mass is 9.96. The predicted octanol–water partition coefficient (Wildman–Crippen LogP) is 3.19. The van der Waals surface area contributed by atoms with Gasteiger partial charge in [-0.15, -0.1) is 0 Å². The number of esters is 1. The van der Waals surface area contributed by atoms with E-state index in [9.17, 15) is 4.79 Å². The Balaban J connectivity index is 2.43. The maximum atomic E-state index is 12.4. The first-order chi connectivity index (χ1) is 9.88. The quantitative estimate of drug-likeness (QED) is 0.633. The molecule has 1 heterocycles. The molecule has 6 heteroatoms. The first-order valence-corrected chi connectivity index (χ1v) is 7.83. The normalized spacial score (nSPS) is 18.3. The van der Waals surface area contributed by atoms with Crippen molar-refractivity contribution in [2.24, 2.45) is 0 Å². The van der Waals surface area contributed by atoms with Gasteiger partial charge in [0, 0.05) is 10.2 Å². The Hall–Kier alpha value is -1.40. The van der Waals surface area contributed by atoms with Crippen molar-refractivity contribution >= 4 is 39.2 Å². The van der Waals surface area contributed by atoms with Crippen molar-refractivity contribution in [3.05, 3.63) is 45.6 Å². The summed E-state index contributed by atoms with van der Waals surface area (Å²) in [6.45, 7) is 5.49.